The van der Waals surface area contributed by atoms with Crippen molar-refractivity contribution in [3.8, 4) is 0 Å². The van der Waals surface area contributed by atoms with E-state index in [2.05, 4.69) is 5.32 Å². The maximum Gasteiger partial charge on any atom is 0.256 e. The molecule has 0 unspecified atom stereocenters. The van der Waals surface area contributed by atoms with E-state index in [1.807, 2.05) is 50.2 Å². The van der Waals surface area contributed by atoms with E-state index in [-0.39, 0.29) is 5.91 Å². The number of rotatable bonds is 1. The minimum atomic E-state index is -0.0122. The Bertz CT molecular complexity index is 447. The van der Waals surface area contributed by atoms with E-state index in [1.54, 1.807) is 0 Å². The number of hydrogen-bond acceptors (Lipinski definition) is 2. The van der Waals surface area contributed by atoms with E-state index < -0.39 is 0 Å². The van der Waals surface area contributed by atoms with Crippen molar-refractivity contribution in [1.29, 1.82) is 0 Å². The Balaban J connectivity index is 2.55. The van der Waals surface area contributed by atoms with Gasteiger partial charge >= 0.3 is 0 Å². The first-order valence-corrected chi connectivity index (χ1v) is 4.93. The van der Waals surface area contributed by atoms with Gasteiger partial charge in [0, 0.05) is 31.0 Å². The summed E-state index contributed by atoms with van der Waals surface area (Å²) in [7, 11) is 3.93. The molecule has 15 heavy (non-hydrogen) atoms. The Kier molecular flexibility index (Phi) is 2.23. The summed E-state index contributed by atoms with van der Waals surface area (Å²) < 4.78 is 0. The molecule has 1 aliphatic rings. The summed E-state index contributed by atoms with van der Waals surface area (Å²) in [6.07, 6.45) is 1.92. The number of carbonyl (C=O) groups excluding carboxylic acids is 1. The molecule has 0 radical (unpaired) electrons. The highest BCUT2D eigenvalue weighted by atomic mass is 16.1. The van der Waals surface area contributed by atoms with Gasteiger partial charge in [-0.05, 0) is 19.1 Å². The van der Waals surface area contributed by atoms with E-state index in [0.29, 0.717) is 0 Å². The number of nitrogens with zero attached hydrogens (tertiary/aromatic N) is 1. The number of benzene rings is 1. The van der Waals surface area contributed by atoms with Crippen LogP contribution in [-0.2, 0) is 0 Å². The quantitative estimate of drug-likeness (QED) is 0.753. The molecule has 1 aromatic rings. The van der Waals surface area contributed by atoms with Crippen LogP contribution in [0.4, 0.5) is 5.69 Å². The van der Waals surface area contributed by atoms with Crippen LogP contribution in [0, 0.1) is 0 Å². The molecule has 0 atom stereocenters. The van der Waals surface area contributed by atoms with Gasteiger partial charge in [-0.15, -0.1) is 0 Å². The predicted octanol–water partition coefficient (Wildman–Crippen LogP) is 1.86. The van der Waals surface area contributed by atoms with Crippen molar-refractivity contribution >= 4 is 17.3 Å². The molecule has 0 spiro atoms. The second kappa shape index (κ2) is 3.42. The summed E-state index contributed by atoms with van der Waals surface area (Å²) in [5.74, 6) is -0.0122. The Morgan fingerprint density at radius 1 is 1.27 bits per heavy atom. The van der Waals surface area contributed by atoms with Crippen LogP contribution in [-0.4, -0.2) is 20.0 Å². The molecule has 1 N–H and O–H groups in total. The molecular formula is C12H14N2O. The average molecular weight is 202 g/mol. The van der Waals surface area contributed by atoms with Gasteiger partial charge < -0.3 is 10.2 Å². The monoisotopic (exact) mass is 202 g/mol. The molecule has 3 heteroatoms. The topological polar surface area (TPSA) is 32.3 Å². The van der Waals surface area contributed by atoms with E-state index >= 15 is 0 Å². The molecule has 2 rings (SSSR count). The van der Waals surface area contributed by atoms with Gasteiger partial charge in [0.15, 0.2) is 0 Å². The Hall–Kier alpha value is -1.77. The number of carbonyl (C=O) groups is 1. The van der Waals surface area contributed by atoms with Crippen molar-refractivity contribution < 1.29 is 4.79 Å². The fraction of sp³-hybridized carbons (Fsp3) is 0.250. The minimum Gasteiger partial charge on any atom is -0.378 e. The summed E-state index contributed by atoms with van der Waals surface area (Å²) in [5.41, 5.74) is 3.70. The van der Waals surface area contributed by atoms with Crippen LogP contribution in [0.15, 0.2) is 24.3 Å². The van der Waals surface area contributed by atoms with Crippen molar-refractivity contribution in [3.05, 3.63) is 35.4 Å². The Morgan fingerprint density at radius 3 is 2.60 bits per heavy atom. The minimum absolute atomic E-state index is 0.0122. The molecule has 0 bridgehead atoms. The van der Waals surface area contributed by atoms with Gasteiger partial charge in [-0.2, -0.15) is 0 Å². The molecule has 0 saturated heterocycles. The molecule has 0 aliphatic carbocycles. The lowest BCUT2D eigenvalue weighted by atomic mass is 10.1. The van der Waals surface area contributed by atoms with Crippen LogP contribution < -0.4 is 10.2 Å². The van der Waals surface area contributed by atoms with Crippen molar-refractivity contribution in [3.63, 3.8) is 0 Å². The second-order valence-electron chi connectivity index (χ2n) is 3.78. The highest BCUT2D eigenvalue weighted by molar-refractivity contribution is 6.09. The molecule has 0 saturated carbocycles. The first-order valence-electron chi connectivity index (χ1n) is 4.93. The third-order valence-corrected chi connectivity index (χ3v) is 2.59. The fourth-order valence-electron chi connectivity index (χ4n) is 1.72. The SMILES string of the molecule is C/C=C1/NC(=O)c2cc(N(C)C)ccc21. The normalized spacial score (nSPS) is 16.5. The van der Waals surface area contributed by atoms with Crippen LogP contribution in [0.5, 0.6) is 0 Å². The maximum absolute atomic E-state index is 11.6. The zero-order valence-corrected chi connectivity index (χ0v) is 9.16. The van der Waals surface area contributed by atoms with Crippen LogP contribution in [0.25, 0.3) is 5.70 Å². The maximum atomic E-state index is 11.6. The molecular weight excluding hydrogens is 188 g/mol. The molecule has 0 aromatic heterocycles. The number of nitrogens with one attached hydrogen (secondary N) is 1. The fourth-order valence-corrected chi connectivity index (χ4v) is 1.72. The number of hydrogen-bond donors (Lipinski definition) is 1. The smallest absolute Gasteiger partial charge is 0.256 e. The molecule has 1 aromatic carbocycles. The second-order valence-corrected chi connectivity index (χ2v) is 3.78. The zero-order valence-electron chi connectivity index (χ0n) is 9.16. The van der Waals surface area contributed by atoms with E-state index in [4.69, 9.17) is 0 Å². The van der Waals surface area contributed by atoms with Gasteiger partial charge in [0.1, 0.15) is 0 Å². The lowest BCUT2D eigenvalue weighted by Gasteiger charge is -2.12. The lowest BCUT2D eigenvalue weighted by molar-refractivity contribution is 0.0981. The van der Waals surface area contributed by atoms with Crippen molar-refractivity contribution in [1.82, 2.24) is 5.32 Å². The van der Waals surface area contributed by atoms with Gasteiger partial charge in [0.25, 0.3) is 5.91 Å². The number of allylic oxidation sites excluding steroid dienone is 1. The van der Waals surface area contributed by atoms with Gasteiger partial charge in [0.05, 0.1) is 5.56 Å². The first kappa shape index (κ1) is 9.77. The Morgan fingerprint density at radius 2 is 2.00 bits per heavy atom. The van der Waals surface area contributed by atoms with Gasteiger partial charge in [0.2, 0.25) is 0 Å². The highest BCUT2D eigenvalue weighted by Gasteiger charge is 2.23. The van der Waals surface area contributed by atoms with Gasteiger partial charge in [-0.25, -0.2) is 0 Å². The zero-order chi connectivity index (χ0) is 11.0. The molecule has 78 valence electrons. The molecule has 1 heterocycles. The summed E-state index contributed by atoms with van der Waals surface area (Å²) in [6.45, 7) is 1.92. The predicted molar refractivity (Wildman–Crippen MR) is 61.9 cm³/mol. The average Bonchev–Trinajstić information content (AvgIpc) is 2.55. The summed E-state index contributed by atoms with van der Waals surface area (Å²) in [6, 6.07) is 5.92. The third kappa shape index (κ3) is 1.50. The molecule has 0 fully saturated rings. The largest absolute Gasteiger partial charge is 0.378 e. The Labute approximate surface area is 89.4 Å². The van der Waals surface area contributed by atoms with Crippen molar-refractivity contribution in [2.45, 2.75) is 6.92 Å². The van der Waals surface area contributed by atoms with Crippen LogP contribution in [0.1, 0.15) is 22.8 Å². The molecule has 1 aliphatic heterocycles. The van der Waals surface area contributed by atoms with Crippen molar-refractivity contribution in [2.24, 2.45) is 0 Å². The number of fused-ring (bicyclic) bond motifs is 1. The lowest BCUT2D eigenvalue weighted by Crippen LogP contribution is -2.13. The van der Waals surface area contributed by atoms with E-state index in [9.17, 15) is 4.79 Å². The first-order chi connectivity index (χ1) is 7.13. The van der Waals surface area contributed by atoms with Crippen LogP contribution >= 0.6 is 0 Å². The van der Waals surface area contributed by atoms with Gasteiger partial charge in [-0.1, -0.05) is 12.1 Å². The third-order valence-electron chi connectivity index (χ3n) is 2.59. The number of amides is 1. The molecule has 3 nitrogen and oxygen atoms in total. The van der Waals surface area contributed by atoms with Crippen LogP contribution in [0.3, 0.4) is 0 Å². The highest BCUT2D eigenvalue weighted by Crippen LogP contribution is 2.27. The van der Waals surface area contributed by atoms with Gasteiger partial charge in [-0.3, -0.25) is 4.79 Å². The summed E-state index contributed by atoms with van der Waals surface area (Å²) in [4.78, 5) is 13.6. The number of anilines is 1. The van der Waals surface area contributed by atoms with Crippen molar-refractivity contribution in [2.75, 3.05) is 19.0 Å². The van der Waals surface area contributed by atoms with Crippen LogP contribution in [0.2, 0.25) is 0 Å². The standard InChI is InChI=1S/C12H14N2O/c1-4-11-9-6-5-8(14(2)3)7-10(9)12(15)13-11/h4-7H,1-3H3,(H,13,15)/b11-4+. The molecule has 1 amide bonds. The van der Waals surface area contributed by atoms with E-state index in [0.717, 1.165) is 22.5 Å². The van der Waals surface area contributed by atoms with E-state index in [1.165, 1.54) is 0 Å². The summed E-state index contributed by atoms with van der Waals surface area (Å²) in [5, 5.41) is 2.84. The summed E-state index contributed by atoms with van der Waals surface area (Å²) >= 11 is 0.